The zero-order chi connectivity index (χ0) is 12.4. The summed E-state index contributed by atoms with van der Waals surface area (Å²) in [5.74, 6) is 0. The summed E-state index contributed by atoms with van der Waals surface area (Å²) < 4.78 is 2.95. The molecule has 0 bridgehead atoms. The molecule has 0 fully saturated rings. The normalized spacial score (nSPS) is 10.8. The molecule has 0 radical (unpaired) electrons. The number of aromatic nitrogens is 2. The van der Waals surface area contributed by atoms with Crippen molar-refractivity contribution in [2.24, 2.45) is 12.8 Å². The van der Waals surface area contributed by atoms with Crippen molar-refractivity contribution in [3.05, 3.63) is 40.0 Å². The maximum absolute atomic E-state index is 5.78. The molecule has 5 heteroatoms. The molecule has 1 heterocycles. The first-order valence-corrected chi connectivity index (χ1v) is 6.88. The van der Waals surface area contributed by atoms with Gasteiger partial charge in [0.1, 0.15) is 0 Å². The van der Waals surface area contributed by atoms with Gasteiger partial charge in [0, 0.05) is 23.0 Å². The van der Waals surface area contributed by atoms with E-state index in [4.69, 9.17) is 5.73 Å². The number of aryl methyl sites for hydroxylation is 2. The highest BCUT2D eigenvalue weighted by Gasteiger charge is 2.09. The Morgan fingerprint density at radius 3 is 2.82 bits per heavy atom. The molecule has 0 aliphatic rings. The van der Waals surface area contributed by atoms with Gasteiger partial charge in [-0.25, -0.2) is 0 Å². The second kappa shape index (κ2) is 5.25. The summed E-state index contributed by atoms with van der Waals surface area (Å²) in [6.07, 6.45) is 0. The summed E-state index contributed by atoms with van der Waals surface area (Å²) in [6, 6.07) is 8.20. The van der Waals surface area contributed by atoms with Gasteiger partial charge in [0.05, 0.1) is 10.7 Å². The Labute approximate surface area is 114 Å². The standard InChI is InChI=1S/C12H14BrN3S/c1-8-6-12(16(2)15-8)17-11-5-3-4-10(13)9(11)7-14/h3-6H,7,14H2,1-2H3. The van der Waals surface area contributed by atoms with E-state index in [1.807, 2.05) is 30.8 Å². The van der Waals surface area contributed by atoms with Crippen LogP contribution in [0.3, 0.4) is 0 Å². The minimum Gasteiger partial charge on any atom is -0.326 e. The molecule has 0 unspecified atom stereocenters. The van der Waals surface area contributed by atoms with Crippen LogP contribution in [0.1, 0.15) is 11.3 Å². The van der Waals surface area contributed by atoms with Crippen LogP contribution in [0.4, 0.5) is 0 Å². The molecular formula is C12H14BrN3S. The highest BCUT2D eigenvalue weighted by Crippen LogP contribution is 2.33. The van der Waals surface area contributed by atoms with Crippen LogP contribution in [0.5, 0.6) is 0 Å². The maximum Gasteiger partial charge on any atom is 0.0987 e. The molecule has 0 aliphatic carbocycles. The lowest BCUT2D eigenvalue weighted by molar-refractivity contribution is 0.692. The fourth-order valence-corrected chi connectivity index (χ4v) is 3.38. The molecule has 0 aliphatic heterocycles. The second-order valence-electron chi connectivity index (χ2n) is 3.77. The van der Waals surface area contributed by atoms with E-state index < -0.39 is 0 Å². The van der Waals surface area contributed by atoms with Crippen LogP contribution in [0, 0.1) is 6.92 Å². The lowest BCUT2D eigenvalue weighted by atomic mass is 10.2. The molecule has 0 saturated heterocycles. The van der Waals surface area contributed by atoms with Gasteiger partial charge in [-0.2, -0.15) is 5.10 Å². The van der Waals surface area contributed by atoms with Crippen LogP contribution in [-0.2, 0) is 13.6 Å². The van der Waals surface area contributed by atoms with Gasteiger partial charge < -0.3 is 5.73 Å². The number of halogens is 1. The van der Waals surface area contributed by atoms with E-state index in [2.05, 4.69) is 33.2 Å². The van der Waals surface area contributed by atoms with E-state index in [0.717, 1.165) is 20.8 Å². The Morgan fingerprint density at radius 2 is 2.24 bits per heavy atom. The lowest BCUT2D eigenvalue weighted by Gasteiger charge is -2.09. The van der Waals surface area contributed by atoms with Crippen LogP contribution in [0.15, 0.2) is 38.7 Å². The first-order valence-electron chi connectivity index (χ1n) is 5.27. The second-order valence-corrected chi connectivity index (χ2v) is 5.69. The first kappa shape index (κ1) is 12.7. The summed E-state index contributed by atoms with van der Waals surface area (Å²) in [7, 11) is 1.95. The molecule has 2 rings (SSSR count). The number of rotatable bonds is 3. The van der Waals surface area contributed by atoms with E-state index in [0.29, 0.717) is 6.54 Å². The van der Waals surface area contributed by atoms with E-state index in [1.54, 1.807) is 11.8 Å². The molecule has 1 aromatic carbocycles. The number of nitrogens with two attached hydrogens (primary N) is 1. The van der Waals surface area contributed by atoms with Gasteiger partial charge in [0.15, 0.2) is 0 Å². The summed E-state index contributed by atoms with van der Waals surface area (Å²) >= 11 is 5.22. The monoisotopic (exact) mass is 311 g/mol. The summed E-state index contributed by atoms with van der Waals surface area (Å²) in [5, 5.41) is 5.46. The van der Waals surface area contributed by atoms with Crippen molar-refractivity contribution in [1.29, 1.82) is 0 Å². The van der Waals surface area contributed by atoms with Gasteiger partial charge in [0.2, 0.25) is 0 Å². The molecule has 1 aromatic heterocycles. The van der Waals surface area contributed by atoms with Crippen molar-refractivity contribution in [2.75, 3.05) is 0 Å². The minimum absolute atomic E-state index is 0.528. The van der Waals surface area contributed by atoms with Crippen LogP contribution in [0.25, 0.3) is 0 Å². The molecule has 0 saturated carbocycles. The molecular weight excluding hydrogens is 298 g/mol. The van der Waals surface area contributed by atoms with Crippen LogP contribution in [0.2, 0.25) is 0 Å². The molecule has 17 heavy (non-hydrogen) atoms. The van der Waals surface area contributed by atoms with Gasteiger partial charge >= 0.3 is 0 Å². The number of nitrogens with zero attached hydrogens (tertiary/aromatic N) is 2. The SMILES string of the molecule is Cc1cc(Sc2cccc(Br)c2CN)n(C)n1. The van der Waals surface area contributed by atoms with Gasteiger partial charge in [-0.05, 0) is 30.7 Å². The number of hydrogen-bond donors (Lipinski definition) is 1. The average molecular weight is 312 g/mol. The first-order chi connectivity index (χ1) is 8.11. The zero-order valence-corrected chi connectivity index (χ0v) is 12.2. The highest BCUT2D eigenvalue weighted by molar-refractivity contribution is 9.10. The molecule has 0 atom stereocenters. The predicted molar refractivity (Wildman–Crippen MR) is 74.1 cm³/mol. The van der Waals surface area contributed by atoms with Crippen LogP contribution in [-0.4, -0.2) is 9.78 Å². The van der Waals surface area contributed by atoms with Crippen molar-refractivity contribution >= 4 is 27.7 Å². The minimum atomic E-state index is 0.528. The van der Waals surface area contributed by atoms with E-state index in [9.17, 15) is 0 Å². The van der Waals surface area contributed by atoms with Gasteiger partial charge in [0.25, 0.3) is 0 Å². The van der Waals surface area contributed by atoms with Crippen molar-refractivity contribution in [3.8, 4) is 0 Å². The fraction of sp³-hybridized carbons (Fsp3) is 0.250. The molecule has 2 N–H and O–H groups in total. The average Bonchev–Trinajstić information content (AvgIpc) is 2.58. The summed E-state index contributed by atoms with van der Waals surface area (Å²) in [4.78, 5) is 1.17. The number of benzene rings is 1. The van der Waals surface area contributed by atoms with Gasteiger partial charge in [-0.3, -0.25) is 4.68 Å². The van der Waals surface area contributed by atoms with Crippen LogP contribution < -0.4 is 5.73 Å². The quantitative estimate of drug-likeness (QED) is 0.947. The Morgan fingerprint density at radius 1 is 1.47 bits per heavy atom. The molecule has 2 aromatic rings. The fourth-order valence-electron chi connectivity index (χ4n) is 1.63. The van der Waals surface area contributed by atoms with Crippen molar-refractivity contribution in [3.63, 3.8) is 0 Å². The summed E-state index contributed by atoms with van der Waals surface area (Å²) in [6.45, 7) is 2.52. The van der Waals surface area contributed by atoms with Gasteiger partial charge in [-0.15, -0.1) is 0 Å². The maximum atomic E-state index is 5.78. The van der Waals surface area contributed by atoms with Gasteiger partial charge in [-0.1, -0.05) is 33.8 Å². The third-order valence-electron chi connectivity index (χ3n) is 2.45. The van der Waals surface area contributed by atoms with E-state index in [-0.39, 0.29) is 0 Å². The van der Waals surface area contributed by atoms with Crippen molar-refractivity contribution in [2.45, 2.75) is 23.4 Å². The molecule has 0 amide bonds. The number of hydrogen-bond acceptors (Lipinski definition) is 3. The van der Waals surface area contributed by atoms with E-state index >= 15 is 0 Å². The Bertz CT molecular complexity index is 537. The topological polar surface area (TPSA) is 43.8 Å². The Balaban J connectivity index is 2.36. The smallest absolute Gasteiger partial charge is 0.0987 e. The Kier molecular flexibility index (Phi) is 3.91. The zero-order valence-electron chi connectivity index (χ0n) is 9.77. The summed E-state index contributed by atoms with van der Waals surface area (Å²) in [5.41, 5.74) is 7.95. The van der Waals surface area contributed by atoms with Crippen LogP contribution >= 0.6 is 27.7 Å². The Hall–Kier alpha value is -0.780. The molecule has 3 nitrogen and oxygen atoms in total. The predicted octanol–water partition coefficient (Wildman–Crippen LogP) is 3.10. The largest absolute Gasteiger partial charge is 0.326 e. The lowest BCUT2D eigenvalue weighted by Crippen LogP contribution is -2.00. The molecule has 90 valence electrons. The van der Waals surface area contributed by atoms with E-state index in [1.165, 1.54) is 4.90 Å². The third kappa shape index (κ3) is 2.73. The van der Waals surface area contributed by atoms with Crippen molar-refractivity contribution in [1.82, 2.24) is 9.78 Å². The van der Waals surface area contributed by atoms with Crippen molar-refractivity contribution < 1.29 is 0 Å². The third-order valence-corrected chi connectivity index (χ3v) is 4.39. The molecule has 0 spiro atoms. The highest BCUT2D eigenvalue weighted by atomic mass is 79.9.